The van der Waals surface area contributed by atoms with E-state index in [0.29, 0.717) is 6.42 Å². The maximum absolute atomic E-state index is 11.8. The van der Waals surface area contributed by atoms with Crippen molar-refractivity contribution in [2.75, 3.05) is 6.54 Å². The standard InChI is InChI=1S/C11H20F3NO/c1-2-3-4-5-6-7-8-9-15-10(16)11(12,13)14/h2-9H2,1H3,(H,15,16). The molecule has 0 bridgehead atoms. The molecule has 2 nitrogen and oxygen atoms in total. The molecule has 1 amide bonds. The van der Waals surface area contributed by atoms with Gasteiger partial charge in [-0.3, -0.25) is 4.79 Å². The first-order valence-electron chi connectivity index (χ1n) is 5.83. The lowest BCUT2D eigenvalue weighted by molar-refractivity contribution is -0.173. The topological polar surface area (TPSA) is 29.1 Å². The summed E-state index contributed by atoms with van der Waals surface area (Å²) in [4.78, 5) is 10.4. The van der Waals surface area contributed by atoms with Crippen molar-refractivity contribution >= 4 is 5.91 Å². The normalized spacial score (nSPS) is 11.5. The lowest BCUT2D eigenvalue weighted by atomic mass is 10.1. The fourth-order valence-corrected chi connectivity index (χ4v) is 1.38. The molecule has 0 rings (SSSR count). The summed E-state index contributed by atoms with van der Waals surface area (Å²) in [5.41, 5.74) is 0. The largest absolute Gasteiger partial charge is 0.471 e. The minimum Gasteiger partial charge on any atom is -0.348 e. The average molecular weight is 239 g/mol. The van der Waals surface area contributed by atoms with Crippen LogP contribution in [0.2, 0.25) is 0 Å². The Hall–Kier alpha value is -0.740. The fourth-order valence-electron chi connectivity index (χ4n) is 1.38. The van der Waals surface area contributed by atoms with Crippen molar-refractivity contribution in [3.63, 3.8) is 0 Å². The lowest BCUT2D eigenvalue weighted by Crippen LogP contribution is -2.37. The van der Waals surface area contributed by atoms with Gasteiger partial charge < -0.3 is 5.32 Å². The molecule has 0 saturated heterocycles. The molecule has 0 fully saturated rings. The van der Waals surface area contributed by atoms with Crippen molar-refractivity contribution in [3.8, 4) is 0 Å². The summed E-state index contributed by atoms with van der Waals surface area (Å²) in [5, 5.41) is 1.86. The molecule has 96 valence electrons. The monoisotopic (exact) mass is 239 g/mol. The number of carbonyl (C=O) groups excluding carboxylic acids is 1. The van der Waals surface area contributed by atoms with Crippen LogP contribution in [0.1, 0.15) is 51.9 Å². The highest BCUT2D eigenvalue weighted by molar-refractivity contribution is 5.81. The highest BCUT2D eigenvalue weighted by Crippen LogP contribution is 2.14. The molecule has 0 unspecified atom stereocenters. The highest BCUT2D eigenvalue weighted by atomic mass is 19.4. The van der Waals surface area contributed by atoms with Crippen LogP contribution in [0, 0.1) is 0 Å². The third-order valence-corrected chi connectivity index (χ3v) is 2.32. The SMILES string of the molecule is CCCCCCCCCNC(=O)C(F)(F)F. The first-order valence-corrected chi connectivity index (χ1v) is 5.83. The van der Waals surface area contributed by atoms with Crippen LogP contribution in [0.25, 0.3) is 0 Å². The van der Waals surface area contributed by atoms with Crippen LogP contribution in [0.15, 0.2) is 0 Å². The Morgan fingerprint density at radius 3 is 2.00 bits per heavy atom. The average Bonchev–Trinajstić information content (AvgIpc) is 2.20. The molecular formula is C11H20F3NO. The molecular weight excluding hydrogens is 219 g/mol. The van der Waals surface area contributed by atoms with E-state index < -0.39 is 12.1 Å². The number of unbranched alkanes of at least 4 members (excludes halogenated alkanes) is 6. The Balaban J connectivity index is 3.25. The minimum absolute atomic E-state index is 0.117. The number of rotatable bonds is 8. The second-order valence-corrected chi connectivity index (χ2v) is 3.87. The van der Waals surface area contributed by atoms with Gasteiger partial charge in [-0.15, -0.1) is 0 Å². The van der Waals surface area contributed by atoms with Crippen molar-refractivity contribution < 1.29 is 18.0 Å². The van der Waals surface area contributed by atoms with Gasteiger partial charge in [0.25, 0.3) is 0 Å². The molecule has 5 heteroatoms. The van der Waals surface area contributed by atoms with Crippen LogP contribution >= 0.6 is 0 Å². The predicted octanol–water partition coefficient (Wildman–Crippen LogP) is 3.42. The summed E-state index contributed by atoms with van der Waals surface area (Å²) in [6.07, 6.45) is 2.48. The summed E-state index contributed by atoms with van der Waals surface area (Å²) >= 11 is 0. The number of hydrogen-bond donors (Lipinski definition) is 1. The van der Waals surface area contributed by atoms with E-state index in [4.69, 9.17) is 0 Å². The van der Waals surface area contributed by atoms with Crippen LogP contribution in [-0.2, 0) is 4.79 Å². The summed E-state index contributed by atoms with van der Waals surface area (Å²) in [6.45, 7) is 2.25. The Labute approximate surface area is 94.6 Å². The number of amides is 1. The van der Waals surface area contributed by atoms with Crippen LogP contribution in [0.3, 0.4) is 0 Å². The van der Waals surface area contributed by atoms with E-state index in [1.165, 1.54) is 19.3 Å². The van der Waals surface area contributed by atoms with Gasteiger partial charge in [-0.2, -0.15) is 13.2 Å². The van der Waals surface area contributed by atoms with Gasteiger partial charge in [0.15, 0.2) is 0 Å². The van der Waals surface area contributed by atoms with Crippen LogP contribution < -0.4 is 5.32 Å². The molecule has 0 aromatic carbocycles. The molecule has 0 heterocycles. The Morgan fingerprint density at radius 2 is 1.50 bits per heavy atom. The second-order valence-electron chi connectivity index (χ2n) is 3.87. The molecule has 0 radical (unpaired) electrons. The number of carbonyl (C=O) groups is 1. The summed E-state index contributed by atoms with van der Waals surface area (Å²) < 4.78 is 35.3. The van der Waals surface area contributed by atoms with Gasteiger partial charge in [0.1, 0.15) is 0 Å². The maximum Gasteiger partial charge on any atom is 0.471 e. The van der Waals surface area contributed by atoms with E-state index in [1.807, 2.05) is 5.32 Å². The summed E-state index contributed by atoms with van der Waals surface area (Å²) in [6, 6.07) is 0. The van der Waals surface area contributed by atoms with Crippen molar-refractivity contribution in [1.29, 1.82) is 0 Å². The first-order chi connectivity index (χ1) is 7.48. The molecule has 0 aliphatic rings. The number of nitrogens with one attached hydrogen (secondary N) is 1. The van der Waals surface area contributed by atoms with Gasteiger partial charge in [0.05, 0.1) is 0 Å². The minimum atomic E-state index is -4.75. The summed E-state index contributed by atoms with van der Waals surface area (Å²) in [7, 11) is 0. The van der Waals surface area contributed by atoms with Crippen LogP contribution in [0.4, 0.5) is 13.2 Å². The molecule has 0 aliphatic heterocycles. The molecule has 0 atom stereocenters. The number of hydrogen-bond acceptors (Lipinski definition) is 1. The van der Waals surface area contributed by atoms with Gasteiger partial charge in [-0.1, -0.05) is 45.4 Å². The van der Waals surface area contributed by atoms with Crippen molar-refractivity contribution in [2.45, 2.75) is 58.0 Å². The molecule has 0 saturated carbocycles. The van der Waals surface area contributed by atoms with Crippen LogP contribution in [0.5, 0.6) is 0 Å². The van der Waals surface area contributed by atoms with Crippen molar-refractivity contribution in [3.05, 3.63) is 0 Å². The van der Waals surface area contributed by atoms with Gasteiger partial charge in [0, 0.05) is 6.54 Å². The van der Waals surface area contributed by atoms with Gasteiger partial charge in [-0.25, -0.2) is 0 Å². The van der Waals surface area contributed by atoms with E-state index in [0.717, 1.165) is 19.3 Å². The van der Waals surface area contributed by atoms with Crippen molar-refractivity contribution in [1.82, 2.24) is 5.32 Å². The fraction of sp³-hybridized carbons (Fsp3) is 0.909. The van der Waals surface area contributed by atoms with Crippen LogP contribution in [-0.4, -0.2) is 18.6 Å². The third kappa shape index (κ3) is 8.56. The summed E-state index contributed by atoms with van der Waals surface area (Å²) in [5.74, 6) is -1.83. The number of halogens is 3. The molecule has 0 aliphatic carbocycles. The molecule has 0 spiro atoms. The van der Waals surface area contributed by atoms with E-state index in [-0.39, 0.29) is 6.54 Å². The molecule has 0 aromatic rings. The lowest BCUT2D eigenvalue weighted by Gasteiger charge is -2.07. The van der Waals surface area contributed by atoms with E-state index >= 15 is 0 Å². The van der Waals surface area contributed by atoms with Gasteiger partial charge in [0.2, 0.25) is 0 Å². The van der Waals surface area contributed by atoms with E-state index in [2.05, 4.69) is 6.92 Å². The van der Waals surface area contributed by atoms with E-state index in [1.54, 1.807) is 0 Å². The van der Waals surface area contributed by atoms with Gasteiger partial charge >= 0.3 is 12.1 Å². The predicted molar refractivity (Wildman–Crippen MR) is 57.1 cm³/mol. The molecule has 1 N–H and O–H groups in total. The Morgan fingerprint density at radius 1 is 1.00 bits per heavy atom. The Bertz CT molecular complexity index is 192. The zero-order valence-electron chi connectivity index (χ0n) is 9.70. The smallest absolute Gasteiger partial charge is 0.348 e. The molecule has 0 aromatic heterocycles. The molecule has 16 heavy (non-hydrogen) atoms. The quantitative estimate of drug-likeness (QED) is 0.646. The zero-order chi connectivity index (χ0) is 12.4. The second kappa shape index (κ2) is 8.42. The Kier molecular flexibility index (Phi) is 8.03. The highest BCUT2D eigenvalue weighted by Gasteiger charge is 2.37. The zero-order valence-corrected chi connectivity index (χ0v) is 9.70. The first kappa shape index (κ1) is 15.3. The number of alkyl halides is 3. The van der Waals surface area contributed by atoms with E-state index in [9.17, 15) is 18.0 Å². The van der Waals surface area contributed by atoms with Gasteiger partial charge in [-0.05, 0) is 6.42 Å². The maximum atomic E-state index is 11.8. The third-order valence-electron chi connectivity index (χ3n) is 2.32. The van der Waals surface area contributed by atoms with Crippen molar-refractivity contribution in [2.24, 2.45) is 0 Å².